The van der Waals surface area contributed by atoms with E-state index < -0.39 is 5.97 Å². The van der Waals surface area contributed by atoms with Gasteiger partial charge in [0.2, 0.25) is 0 Å². The molecule has 0 aromatic heterocycles. The highest BCUT2D eigenvalue weighted by molar-refractivity contribution is 5.84. The maximum Gasteiger partial charge on any atom is 0.335 e. The molecule has 0 N–H and O–H groups in total. The van der Waals surface area contributed by atoms with E-state index in [1.54, 1.807) is 0 Å². The van der Waals surface area contributed by atoms with E-state index in [-0.39, 0.29) is 10.8 Å². The first-order valence-electron chi connectivity index (χ1n) is 8.65. The summed E-state index contributed by atoms with van der Waals surface area (Å²) >= 11 is 0. The number of carbonyl (C=O) groups is 1. The summed E-state index contributed by atoms with van der Waals surface area (Å²) in [5, 5.41) is 0. The Kier molecular flexibility index (Phi) is 6.21. The minimum Gasteiger partial charge on any atom is -0.423 e. The molecule has 2 nitrogen and oxygen atoms in total. The summed E-state index contributed by atoms with van der Waals surface area (Å²) in [6.45, 7) is 18.9. The van der Waals surface area contributed by atoms with E-state index in [2.05, 4.69) is 67.2 Å². The van der Waals surface area contributed by atoms with Crippen LogP contribution in [0.25, 0.3) is 0 Å². The highest BCUT2D eigenvalue weighted by Gasteiger charge is 2.29. The topological polar surface area (TPSA) is 26.3 Å². The quantitative estimate of drug-likeness (QED) is 0.365. The molecule has 0 amide bonds. The lowest BCUT2D eigenvalue weighted by molar-refractivity contribution is -0.129. The van der Waals surface area contributed by atoms with E-state index >= 15 is 0 Å². The number of carbonyl (C=O) groups excluding carboxylic acids is 1. The molecule has 1 aromatic carbocycles. The fourth-order valence-electron chi connectivity index (χ4n) is 2.50. The standard InChI is InChI=1S/C21H32O2/c1-9-15-13-16(20(5,6)11-3)14-17(21(7,8)12-4)19(15)23-18(22)10-2/h10,13-14H,2,9,11-12H2,1,3-8H3. The van der Waals surface area contributed by atoms with Crippen molar-refractivity contribution < 1.29 is 9.53 Å². The molecule has 0 aliphatic carbocycles. The maximum atomic E-state index is 11.8. The van der Waals surface area contributed by atoms with Gasteiger partial charge in [0.25, 0.3) is 0 Å². The number of hydrogen-bond acceptors (Lipinski definition) is 2. The molecule has 0 aliphatic rings. The second kappa shape index (κ2) is 7.33. The molecular weight excluding hydrogens is 284 g/mol. The number of hydrogen-bond donors (Lipinski definition) is 0. The SMILES string of the molecule is C=CC(=O)Oc1c(CC)cc(C(C)(C)CC)cc1C(C)(C)CC. The molecule has 23 heavy (non-hydrogen) atoms. The van der Waals surface area contributed by atoms with Crippen LogP contribution >= 0.6 is 0 Å². The lowest BCUT2D eigenvalue weighted by atomic mass is 9.75. The Balaban J connectivity index is 3.66. The van der Waals surface area contributed by atoms with E-state index in [9.17, 15) is 4.79 Å². The van der Waals surface area contributed by atoms with Crippen LogP contribution in [0.1, 0.15) is 78.0 Å². The molecule has 1 rings (SSSR count). The highest BCUT2D eigenvalue weighted by atomic mass is 16.5. The highest BCUT2D eigenvalue weighted by Crippen LogP contribution is 2.41. The smallest absolute Gasteiger partial charge is 0.335 e. The Bertz CT molecular complexity index is 580. The van der Waals surface area contributed by atoms with Gasteiger partial charge < -0.3 is 4.74 Å². The van der Waals surface area contributed by atoms with Crippen LogP contribution in [0.15, 0.2) is 24.8 Å². The van der Waals surface area contributed by atoms with Gasteiger partial charge >= 0.3 is 5.97 Å². The third-order valence-corrected chi connectivity index (χ3v) is 5.19. The zero-order valence-corrected chi connectivity index (χ0v) is 15.9. The average molecular weight is 316 g/mol. The van der Waals surface area contributed by atoms with Gasteiger partial charge in [-0.25, -0.2) is 4.79 Å². The Hall–Kier alpha value is -1.57. The van der Waals surface area contributed by atoms with Crippen molar-refractivity contribution in [3.05, 3.63) is 41.5 Å². The van der Waals surface area contributed by atoms with E-state index in [4.69, 9.17) is 4.74 Å². The number of rotatable bonds is 7. The summed E-state index contributed by atoms with van der Waals surface area (Å²) in [6, 6.07) is 4.43. The fraction of sp³-hybridized carbons (Fsp3) is 0.571. The van der Waals surface area contributed by atoms with E-state index in [0.717, 1.165) is 36.1 Å². The first-order chi connectivity index (χ1) is 10.6. The predicted octanol–water partition coefficient (Wildman–Crippen LogP) is 5.72. The van der Waals surface area contributed by atoms with Crippen LogP contribution in [-0.4, -0.2) is 5.97 Å². The van der Waals surface area contributed by atoms with Gasteiger partial charge in [-0.2, -0.15) is 0 Å². The molecular formula is C21H32O2. The van der Waals surface area contributed by atoms with Crippen molar-refractivity contribution in [3.8, 4) is 5.75 Å². The van der Waals surface area contributed by atoms with Gasteiger partial charge in [0.15, 0.2) is 0 Å². The van der Waals surface area contributed by atoms with Gasteiger partial charge in [0.05, 0.1) is 0 Å². The van der Waals surface area contributed by atoms with Crippen LogP contribution in [0.2, 0.25) is 0 Å². The van der Waals surface area contributed by atoms with Gasteiger partial charge in [-0.3, -0.25) is 0 Å². The molecule has 0 bridgehead atoms. The zero-order chi connectivity index (χ0) is 17.8. The van der Waals surface area contributed by atoms with Crippen molar-refractivity contribution >= 4 is 5.97 Å². The van der Waals surface area contributed by atoms with Crippen molar-refractivity contribution in [2.24, 2.45) is 0 Å². The van der Waals surface area contributed by atoms with Crippen molar-refractivity contribution in [2.75, 3.05) is 0 Å². The van der Waals surface area contributed by atoms with Gasteiger partial charge in [0, 0.05) is 11.6 Å². The molecule has 0 saturated carbocycles. The van der Waals surface area contributed by atoms with Crippen molar-refractivity contribution in [2.45, 2.75) is 78.6 Å². The monoisotopic (exact) mass is 316 g/mol. The number of benzene rings is 1. The first-order valence-corrected chi connectivity index (χ1v) is 8.65. The summed E-state index contributed by atoms with van der Waals surface area (Å²) in [5.74, 6) is 0.329. The van der Waals surface area contributed by atoms with Crippen molar-refractivity contribution in [1.82, 2.24) is 0 Å². The van der Waals surface area contributed by atoms with Gasteiger partial charge in [0.1, 0.15) is 5.75 Å². The Morgan fingerprint density at radius 2 is 1.65 bits per heavy atom. The second-order valence-corrected chi connectivity index (χ2v) is 7.47. The Morgan fingerprint density at radius 1 is 1.09 bits per heavy atom. The minimum absolute atomic E-state index is 0.0550. The third-order valence-electron chi connectivity index (χ3n) is 5.19. The van der Waals surface area contributed by atoms with Crippen LogP contribution in [0.5, 0.6) is 5.75 Å². The first kappa shape index (κ1) is 19.5. The molecule has 0 unspecified atom stereocenters. The normalized spacial score (nSPS) is 12.1. The summed E-state index contributed by atoms with van der Waals surface area (Å²) in [4.78, 5) is 11.8. The molecule has 0 saturated heterocycles. The Morgan fingerprint density at radius 3 is 2.09 bits per heavy atom. The third kappa shape index (κ3) is 4.25. The van der Waals surface area contributed by atoms with Crippen LogP contribution in [0.3, 0.4) is 0 Å². The van der Waals surface area contributed by atoms with Gasteiger partial charge in [-0.1, -0.05) is 67.2 Å². The number of ether oxygens (including phenoxy) is 1. The van der Waals surface area contributed by atoms with Crippen molar-refractivity contribution in [1.29, 1.82) is 0 Å². The van der Waals surface area contributed by atoms with Crippen LogP contribution < -0.4 is 4.74 Å². The van der Waals surface area contributed by atoms with Crippen LogP contribution in [0, 0.1) is 0 Å². The molecule has 2 heteroatoms. The molecule has 1 aromatic rings. The lowest BCUT2D eigenvalue weighted by Gasteiger charge is -2.31. The predicted molar refractivity (Wildman–Crippen MR) is 98.3 cm³/mol. The van der Waals surface area contributed by atoms with Crippen LogP contribution in [0.4, 0.5) is 0 Å². The molecule has 0 atom stereocenters. The van der Waals surface area contributed by atoms with E-state index in [0.29, 0.717) is 0 Å². The average Bonchev–Trinajstić information content (AvgIpc) is 2.54. The molecule has 0 aliphatic heterocycles. The molecule has 0 fully saturated rings. The summed E-state index contributed by atoms with van der Waals surface area (Å²) in [6.07, 6.45) is 4.10. The van der Waals surface area contributed by atoms with Crippen LogP contribution in [-0.2, 0) is 22.0 Å². The molecule has 0 radical (unpaired) electrons. The maximum absolute atomic E-state index is 11.8. The van der Waals surface area contributed by atoms with Gasteiger partial charge in [-0.15, -0.1) is 0 Å². The van der Waals surface area contributed by atoms with Gasteiger partial charge in [-0.05, 0) is 41.2 Å². The largest absolute Gasteiger partial charge is 0.423 e. The lowest BCUT2D eigenvalue weighted by Crippen LogP contribution is -2.23. The zero-order valence-electron chi connectivity index (χ0n) is 15.9. The summed E-state index contributed by atoms with van der Waals surface area (Å²) < 4.78 is 5.65. The summed E-state index contributed by atoms with van der Waals surface area (Å²) in [5.41, 5.74) is 3.57. The van der Waals surface area contributed by atoms with E-state index in [1.807, 2.05) is 0 Å². The molecule has 128 valence electrons. The summed E-state index contributed by atoms with van der Waals surface area (Å²) in [7, 11) is 0. The second-order valence-electron chi connectivity index (χ2n) is 7.47. The number of esters is 1. The number of aryl methyl sites for hydroxylation is 1. The van der Waals surface area contributed by atoms with Crippen molar-refractivity contribution in [3.63, 3.8) is 0 Å². The Labute approximate surface area is 141 Å². The molecule has 0 heterocycles. The fourth-order valence-corrected chi connectivity index (χ4v) is 2.50. The minimum atomic E-state index is -0.393. The van der Waals surface area contributed by atoms with E-state index in [1.165, 1.54) is 11.6 Å². The molecule has 0 spiro atoms.